The molecule has 1 aliphatic heterocycles. The van der Waals surface area contributed by atoms with Gasteiger partial charge in [0.05, 0.1) is 17.2 Å². The van der Waals surface area contributed by atoms with Gasteiger partial charge in [0.1, 0.15) is 5.75 Å². The second-order valence-electron chi connectivity index (χ2n) is 4.76. The molecule has 2 rings (SSSR count). The Morgan fingerprint density at radius 3 is 3.16 bits per heavy atom. The molecular weight excluding hydrogens is 308 g/mol. The molecule has 0 spiro atoms. The number of phenols is 1. The van der Waals surface area contributed by atoms with Crippen molar-refractivity contribution in [2.45, 2.75) is 19.6 Å². The van der Waals surface area contributed by atoms with E-state index in [0.717, 1.165) is 42.8 Å². The molecule has 0 amide bonds. The van der Waals surface area contributed by atoms with Crippen molar-refractivity contribution in [2.75, 3.05) is 32.8 Å². The van der Waals surface area contributed by atoms with Crippen LogP contribution < -0.4 is 5.32 Å². The van der Waals surface area contributed by atoms with Gasteiger partial charge in [-0.05, 0) is 28.5 Å². The van der Waals surface area contributed by atoms with Crippen LogP contribution in [-0.4, -0.2) is 48.9 Å². The van der Waals surface area contributed by atoms with E-state index in [1.165, 1.54) is 0 Å². The van der Waals surface area contributed by atoms with Crippen LogP contribution in [0.4, 0.5) is 0 Å². The van der Waals surface area contributed by atoms with E-state index in [9.17, 15) is 5.11 Å². The van der Waals surface area contributed by atoms with Crippen LogP contribution in [0.3, 0.4) is 0 Å². The second kappa shape index (κ2) is 7.24. The third-order valence-corrected chi connectivity index (χ3v) is 4.07. The first-order valence-electron chi connectivity index (χ1n) is 6.71. The zero-order valence-electron chi connectivity index (χ0n) is 11.2. The SMILES string of the molecule is CCN1CCOC(CNCc2cccc(Br)c2O)C1. The summed E-state index contributed by atoms with van der Waals surface area (Å²) in [7, 11) is 0. The largest absolute Gasteiger partial charge is 0.506 e. The lowest BCUT2D eigenvalue weighted by molar-refractivity contribution is -0.0253. The first-order chi connectivity index (χ1) is 9.20. The van der Waals surface area contributed by atoms with E-state index in [-0.39, 0.29) is 6.10 Å². The standard InChI is InChI=1S/C14H21BrN2O2/c1-2-17-6-7-19-12(10-17)9-16-8-11-4-3-5-13(15)14(11)18/h3-5,12,16,18H,2,6-10H2,1H3. The van der Waals surface area contributed by atoms with Crippen LogP contribution >= 0.6 is 15.9 Å². The first-order valence-corrected chi connectivity index (χ1v) is 7.51. The molecule has 1 fully saturated rings. The van der Waals surface area contributed by atoms with Gasteiger partial charge in [-0.1, -0.05) is 19.1 Å². The predicted molar refractivity (Wildman–Crippen MR) is 79.4 cm³/mol. The van der Waals surface area contributed by atoms with E-state index in [1.54, 1.807) is 0 Å². The van der Waals surface area contributed by atoms with Gasteiger partial charge in [-0.2, -0.15) is 0 Å². The molecule has 1 aliphatic rings. The molecule has 0 radical (unpaired) electrons. The average molecular weight is 329 g/mol. The summed E-state index contributed by atoms with van der Waals surface area (Å²) in [6.45, 7) is 7.52. The summed E-state index contributed by atoms with van der Waals surface area (Å²) >= 11 is 3.32. The number of para-hydroxylation sites is 1. The van der Waals surface area contributed by atoms with E-state index >= 15 is 0 Å². The van der Waals surface area contributed by atoms with Crippen molar-refractivity contribution in [1.29, 1.82) is 0 Å². The van der Waals surface area contributed by atoms with Crippen LogP contribution in [0.5, 0.6) is 5.75 Å². The number of aromatic hydroxyl groups is 1. The summed E-state index contributed by atoms with van der Waals surface area (Å²) in [5, 5.41) is 13.2. The molecule has 1 aromatic carbocycles. The van der Waals surface area contributed by atoms with Crippen LogP contribution in [-0.2, 0) is 11.3 Å². The van der Waals surface area contributed by atoms with Crippen LogP contribution in [0.2, 0.25) is 0 Å². The molecule has 0 bridgehead atoms. The summed E-state index contributed by atoms with van der Waals surface area (Å²) < 4.78 is 6.46. The molecule has 19 heavy (non-hydrogen) atoms. The van der Waals surface area contributed by atoms with Crippen molar-refractivity contribution in [3.8, 4) is 5.75 Å². The third kappa shape index (κ3) is 4.18. The van der Waals surface area contributed by atoms with Gasteiger partial charge >= 0.3 is 0 Å². The van der Waals surface area contributed by atoms with Crippen molar-refractivity contribution in [1.82, 2.24) is 10.2 Å². The Balaban J connectivity index is 1.78. The number of morpholine rings is 1. The van der Waals surface area contributed by atoms with Crippen molar-refractivity contribution in [3.63, 3.8) is 0 Å². The fraction of sp³-hybridized carbons (Fsp3) is 0.571. The van der Waals surface area contributed by atoms with Gasteiger partial charge in [0, 0.05) is 31.7 Å². The number of halogens is 1. The highest BCUT2D eigenvalue weighted by Crippen LogP contribution is 2.27. The number of phenolic OH excluding ortho intramolecular Hbond substituents is 1. The summed E-state index contributed by atoms with van der Waals surface area (Å²) in [6, 6.07) is 5.69. The molecule has 0 aromatic heterocycles. The summed E-state index contributed by atoms with van der Waals surface area (Å²) in [5.74, 6) is 0.315. The van der Waals surface area contributed by atoms with Crippen molar-refractivity contribution in [2.24, 2.45) is 0 Å². The smallest absolute Gasteiger partial charge is 0.134 e. The Hall–Kier alpha value is -0.620. The number of ether oxygens (including phenoxy) is 1. The zero-order chi connectivity index (χ0) is 13.7. The van der Waals surface area contributed by atoms with Gasteiger partial charge < -0.3 is 15.2 Å². The minimum atomic E-state index is 0.239. The number of nitrogens with zero attached hydrogens (tertiary/aromatic N) is 1. The highest BCUT2D eigenvalue weighted by Gasteiger charge is 2.18. The Kier molecular flexibility index (Phi) is 5.63. The lowest BCUT2D eigenvalue weighted by Gasteiger charge is -2.32. The summed E-state index contributed by atoms with van der Waals surface area (Å²) in [4.78, 5) is 2.40. The molecule has 0 aliphatic carbocycles. The second-order valence-corrected chi connectivity index (χ2v) is 5.62. The number of hydrogen-bond acceptors (Lipinski definition) is 4. The van der Waals surface area contributed by atoms with E-state index in [2.05, 4.69) is 33.1 Å². The summed E-state index contributed by atoms with van der Waals surface area (Å²) in [5.41, 5.74) is 0.900. The quantitative estimate of drug-likeness (QED) is 0.867. The van der Waals surface area contributed by atoms with Gasteiger partial charge in [-0.15, -0.1) is 0 Å². The van der Waals surface area contributed by atoms with E-state index in [0.29, 0.717) is 12.3 Å². The average Bonchev–Trinajstić information content (AvgIpc) is 2.44. The van der Waals surface area contributed by atoms with Crippen molar-refractivity contribution in [3.05, 3.63) is 28.2 Å². The number of hydrogen-bond donors (Lipinski definition) is 2. The first kappa shape index (κ1) is 14.8. The van der Waals surface area contributed by atoms with Crippen LogP contribution in [0.15, 0.2) is 22.7 Å². The zero-order valence-corrected chi connectivity index (χ0v) is 12.8. The number of rotatable bonds is 5. The maximum Gasteiger partial charge on any atom is 0.134 e. The highest BCUT2D eigenvalue weighted by molar-refractivity contribution is 9.10. The van der Waals surface area contributed by atoms with Crippen LogP contribution in [0, 0.1) is 0 Å². The van der Waals surface area contributed by atoms with Crippen molar-refractivity contribution >= 4 is 15.9 Å². The molecule has 2 N–H and O–H groups in total. The van der Waals surface area contributed by atoms with Gasteiger partial charge in [0.2, 0.25) is 0 Å². The van der Waals surface area contributed by atoms with Gasteiger partial charge in [0.25, 0.3) is 0 Å². The van der Waals surface area contributed by atoms with Crippen molar-refractivity contribution < 1.29 is 9.84 Å². The molecule has 106 valence electrons. The molecule has 1 atom stereocenters. The maximum absolute atomic E-state index is 9.89. The molecule has 1 saturated heterocycles. The Morgan fingerprint density at radius 1 is 1.53 bits per heavy atom. The molecule has 1 aromatic rings. The van der Waals surface area contributed by atoms with E-state index in [4.69, 9.17) is 4.74 Å². The minimum Gasteiger partial charge on any atom is -0.506 e. The molecule has 4 nitrogen and oxygen atoms in total. The monoisotopic (exact) mass is 328 g/mol. The van der Waals surface area contributed by atoms with Gasteiger partial charge in [-0.3, -0.25) is 4.90 Å². The van der Waals surface area contributed by atoms with Gasteiger partial charge in [-0.25, -0.2) is 0 Å². The number of benzene rings is 1. The Bertz CT molecular complexity index is 414. The van der Waals surface area contributed by atoms with Gasteiger partial charge in [0.15, 0.2) is 0 Å². The molecule has 0 saturated carbocycles. The lowest BCUT2D eigenvalue weighted by atomic mass is 10.2. The Morgan fingerprint density at radius 2 is 2.37 bits per heavy atom. The van der Waals surface area contributed by atoms with Crippen LogP contribution in [0.25, 0.3) is 0 Å². The molecule has 1 heterocycles. The fourth-order valence-corrected chi connectivity index (χ4v) is 2.67. The fourth-order valence-electron chi connectivity index (χ4n) is 2.26. The number of likely N-dealkylation sites (N-methyl/N-ethyl adjacent to an activating group) is 1. The molecule has 1 unspecified atom stereocenters. The number of nitrogens with one attached hydrogen (secondary N) is 1. The summed E-state index contributed by atoms with van der Waals surface area (Å²) in [6.07, 6.45) is 0.239. The predicted octanol–water partition coefficient (Wildman–Crippen LogP) is 1.96. The van der Waals surface area contributed by atoms with E-state index in [1.807, 2.05) is 18.2 Å². The normalized spacial score (nSPS) is 20.6. The molecule has 5 heteroatoms. The Labute approximate surface area is 122 Å². The third-order valence-electron chi connectivity index (χ3n) is 3.43. The van der Waals surface area contributed by atoms with E-state index < -0.39 is 0 Å². The minimum absolute atomic E-state index is 0.239. The lowest BCUT2D eigenvalue weighted by Crippen LogP contribution is -2.46. The molecular formula is C14H21BrN2O2. The highest BCUT2D eigenvalue weighted by atomic mass is 79.9. The maximum atomic E-state index is 9.89. The van der Waals surface area contributed by atoms with Crippen LogP contribution in [0.1, 0.15) is 12.5 Å². The topological polar surface area (TPSA) is 44.7 Å².